The molecule has 1 aromatic rings. The van der Waals surface area contributed by atoms with E-state index in [9.17, 15) is 4.21 Å². The van der Waals surface area contributed by atoms with Crippen LogP contribution >= 0.6 is 0 Å². The van der Waals surface area contributed by atoms with Crippen LogP contribution in [0.25, 0.3) is 0 Å². The topological polar surface area (TPSA) is 20.3 Å². The zero-order valence-electron chi connectivity index (χ0n) is 9.86. The van der Waals surface area contributed by atoms with Crippen molar-refractivity contribution in [1.82, 2.24) is 0 Å². The molecule has 92 valence electrons. The van der Waals surface area contributed by atoms with Gasteiger partial charge >= 0.3 is 0 Å². The molecule has 3 heteroatoms. The first kappa shape index (κ1) is 15.2. The van der Waals surface area contributed by atoms with E-state index in [0.29, 0.717) is 5.92 Å². The van der Waals surface area contributed by atoms with Crippen molar-refractivity contribution in [1.29, 1.82) is 0 Å². The van der Waals surface area contributed by atoms with E-state index in [1.54, 1.807) is 6.26 Å². The molecule has 0 bridgehead atoms. The van der Waals surface area contributed by atoms with Gasteiger partial charge in [0.05, 0.1) is 0 Å². The van der Waals surface area contributed by atoms with Crippen LogP contribution < -0.4 is 4.31 Å². The Bertz CT molecular complexity index is 332. The van der Waals surface area contributed by atoms with Crippen LogP contribution in [-0.2, 0) is 11.0 Å². The molecular weight excluding hydrogens is 218 g/mol. The molecule has 0 aromatic heterocycles. The number of anilines is 1. The van der Waals surface area contributed by atoms with Gasteiger partial charge in [-0.3, -0.25) is 4.31 Å². The van der Waals surface area contributed by atoms with Crippen molar-refractivity contribution in [3.05, 3.63) is 29.8 Å². The van der Waals surface area contributed by atoms with E-state index >= 15 is 0 Å². The molecule has 0 amide bonds. The minimum Gasteiger partial charge on any atom is -0.292 e. The standard InChI is InChI=1S/C12H19NOS.CH4/c1-5-13(15(4)14)12-8-6-11(7-9-12)10(2)3;/h6-10H,5H2,1-4H3;1H4. The van der Waals surface area contributed by atoms with Gasteiger partial charge in [-0.2, -0.15) is 0 Å². The third-order valence-electron chi connectivity index (χ3n) is 2.45. The fourth-order valence-electron chi connectivity index (χ4n) is 1.54. The van der Waals surface area contributed by atoms with Gasteiger partial charge in [0.1, 0.15) is 11.0 Å². The summed E-state index contributed by atoms with van der Waals surface area (Å²) in [6.45, 7) is 7.12. The maximum absolute atomic E-state index is 11.4. The molecule has 0 N–H and O–H groups in total. The Kier molecular flexibility index (Phi) is 6.34. The second-order valence-corrected chi connectivity index (χ2v) is 5.15. The summed E-state index contributed by atoms with van der Waals surface area (Å²) in [5, 5.41) is 0. The minimum absolute atomic E-state index is 0. The number of rotatable bonds is 4. The first-order valence-electron chi connectivity index (χ1n) is 5.27. The van der Waals surface area contributed by atoms with Crippen LogP contribution in [0.4, 0.5) is 5.69 Å². The van der Waals surface area contributed by atoms with Crippen molar-refractivity contribution in [2.24, 2.45) is 0 Å². The first-order valence-corrected chi connectivity index (χ1v) is 6.78. The van der Waals surface area contributed by atoms with Gasteiger partial charge in [-0.15, -0.1) is 0 Å². The Balaban J connectivity index is 0.00000225. The van der Waals surface area contributed by atoms with Gasteiger partial charge in [-0.1, -0.05) is 33.4 Å². The van der Waals surface area contributed by atoms with Gasteiger partial charge in [-0.25, -0.2) is 4.21 Å². The van der Waals surface area contributed by atoms with E-state index < -0.39 is 11.0 Å². The smallest absolute Gasteiger partial charge is 0.116 e. The molecule has 0 aliphatic heterocycles. The highest BCUT2D eigenvalue weighted by Crippen LogP contribution is 2.20. The maximum Gasteiger partial charge on any atom is 0.116 e. The van der Waals surface area contributed by atoms with E-state index in [1.165, 1.54) is 5.56 Å². The fourth-order valence-corrected chi connectivity index (χ4v) is 2.32. The first-order chi connectivity index (χ1) is 7.06. The largest absolute Gasteiger partial charge is 0.292 e. The average molecular weight is 241 g/mol. The Morgan fingerprint density at radius 1 is 1.25 bits per heavy atom. The Morgan fingerprint density at radius 2 is 1.75 bits per heavy atom. The van der Waals surface area contributed by atoms with E-state index in [0.717, 1.165) is 12.2 Å². The lowest BCUT2D eigenvalue weighted by Crippen LogP contribution is -2.23. The highest BCUT2D eigenvalue weighted by atomic mass is 32.2. The zero-order chi connectivity index (χ0) is 11.4. The SMILES string of the molecule is C.CCN(c1ccc(C(C)C)cc1)S(C)=O. The van der Waals surface area contributed by atoms with Gasteiger partial charge in [0.15, 0.2) is 0 Å². The lowest BCUT2D eigenvalue weighted by molar-refractivity contribution is 0.683. The summed E-state index contributed by atoms with van der Waals surface area (Å²) in [7, 11) is -0.938. The molecule has 0 radical (unpaired) electrons. The summed E-state index contributed by atoms with van der Waals surface area (Å²) in [6, 6.07) is 8.30. The molecule has 1 atom stereocenters. The summed E-state index contributed by atoms with van der Waals surface area (Å²) < 4.78 is 13.3. The molecule has 16 heavy (non-hydrogen) atoms. The molecule has 1 rings (SSSR count). The van der Waals surface area contributed by atoms with Gasteiger partial charge < -0.3 is 0 Å². The van der Waals surface area contributed by atoms with E-state index in [1.807, 2.05) is 23.4 Å². The second-order valence-electron chi connectivity index (χ2n) is 3.86. The lowest BCUT2D eigenvalue weighted by Gasteiger charge is -2.19. The van der Waals surface area contributed by atoms with Crippen molar-refractivity contribution in [2.75, 3.05) is 17.1 Å². The lowest BCUT2D eigenvalue weighted by atomic mass is 10.0. The van der Waals surface area contributed by atoms with Crippen molar-refractivity contribution in [2.45, 2.75) is 34.1 Å². The van der Waals surface area contributed by atoms with Crippen molar-refractivity contribution < 1.29 is 4.21 Å². The van der Waals surface area contributed by atoms with Crippen LogP contribution in [0.15, 0.2) is 24.3 Å². The maximum atomic E-state index is 11.4. The Morgan fingerprint density at radius 3 is 2.06 bits per heavy atom. The third-order valence-corrected chi connectivity index (χ3v) is 3.54. The number of hydrogen-bond donors (Lipinski definition) is 0. The summed E-state index contributed by atoms with van der Waals surface area (Å²) in [4.78, 5) is 0. The zero-order valence-corrected chi connectivity index (χ0v) is 10.7. The summed E-state index contributed by atoms with van der Waals surface area (Å²) in [5.41, 5.74) is 2.35. The third kappa shape index (κ3) is 3.63. The quantitative estimate of drug-likeness (QED) is 0.789. The van der Waals surface area contributed by atoms with Crippen molar-refractivity contribution in [3.8, 4) is 0 Å². The molecule has 1 aromatic carbocycles. The average Bonchev–Trinajstić information content (AvgIpc) is 2.19. The highest BCUT2D eigenvalue weighted by Gasteiger charge is 2.07. The van der Waals surface area contributed by atoms with Gasteiger partial charge in [0.25, 0.3) is 0 Å². The molecule has 1 unspecified atom stereocenters. The minimum atomic E-state index is -0.938. The molecule has 2 nitrogen and oxygen atoms in total. The van der Waals surface area contributed by atoms with Gasteiger partial charge in [0.2, 0.25) is 0 Å². The monoisotopic (exact) mass is 241 g/mol. The van der Waals surface area contributed by atoms with Gasteiger partial charge in [-0.05, 0) is 30.5 Å². The molecular formula is C13H23NOS. The van der Waals surface area contributed by atoms with Crippen molar-refractivity contribution >= 4 is 16.7 Å². The van der Waals surface area contributed by atoms with Crippen LogP contribution in [0.1, 0.15) is 39.7 Å². The van der Waals surface area contributed by atoms with Crippen LogP contribution in [-0.4, -0.2) is 17.0 Å². The predicted molar refractivity (Wildman–Crippen MR) is 74.3 cm³/mol. The van der Waals surface area contributed by atoms with Gasteiger partial charge in [0, 0.05) is 18.5 Å². The predicted octanol–water partition coefficient (Wildman–Crippen LogP) is 3.57. The summed E-state index contributed by atoms with van der Waals surface area (Å²) in [6.07, 6.45) is 1.71. The van der Waals surface area contributed by atoms with E-state index in [4.69, 9.17) is 0 Å². The molecule has 0 saturated heterocycles. The van der Waals surface area contributed by atoms with E-state index in [2.05, 4.69) is 26.0 Å². The Labute approximate surface area is 102 Å². The molecule has 0 aliphatic carbocycles. The number of nitrogens with zero attached hydrogens (tertiary/aromatic N) is 1. The van der Waals surface area contributed by atoms with Crippen LogP contribution in [0.2, 0.25) is 0 Å². The number of hydrogen-bond acceptors (Lipinski definition) is 1. The molecule has 0 spiro atoms. The van der Waals surface area contributed by atoms with Crippen LogP contribution in [0.5, 0.6) is 0 Å². The Hall–Kier alpha value is -0.830. The summed E-state index contributed by atoms with van der Waals surface area (Å²) in [5.74, 6) is 0.543. The van der Waals surface area contributed by atoms with Crippen LogP contribution in [0, 0.1) is 0 Å². The fraction of sp³-hybridized carbons (Fsp3) is 0.538. The second kappa shape index (κ2) is 6.69. The molecule has 0 aliphatic rings. The van der Waals surface area contributed by atoms with Crippen molar-refractivity contribution in [3.63, 3.8) is 0 Å². The highest BCUT2D eigenvalue weighted by molar-refractivity contribution is 7.85. The number of benzene rings is 1. The normalized spacial score (nSPS) is 12.1. The molecule has 0 heterocycles. The summed E-state index contributed by atoms with van der Waals surface area (Å²) >= 11 is 0. The molecule has 0 saturated carbocycles. The van der Waals surface area contributed by atoms with E-state index in [-0.39, 0.29) is 7.43 Å². The van der Waals surface area contributed by atoms with Crippen LogP contribution in [0.3, 0.4) is 0 Å². The molecule has 0 fully saturated rings.